The van der Waals surface area contributed by atoms with E-state index in [0.717, 1.165) is 54.7 Å². The van der Waals surface area contributed by atoms with Crippen molar-refractivity contribution in [2.24, 2.45) is 0 Å². The van der Waals surface area contributed by atoms with Gasteiger partial charge in [0.1, 0.15) is 11.6 Å². The molecule has 2 fully saturated rings. The van der Waals surface area contributed by atoms with Crippen LogP contribution in [0.5, 0.6) is 0 Å². The predicted molar refractivity (Wildman–Crippen MR) is 147 cm³/mol. The van der Waals surface area contributed by atoms with Crippen molar-refractivity contribution in [3.05, 3.63) is 72.2 Å². The molecule has 4 heterocycles. The quantitative estimate of drug-likeness (QED) is 0.287. The molecule has 4 aromatic rings. The fourth-order valence-corrected chi connectivity index (χ4v) is 5.52. The van der Waals surface area contributed by atoms with Crippen molar-refractivity contribution < 1.29 is 0 Å². The Morgan fingerprint density at radius 1 is 1.03 bits per heavy atom. The number of piperidine rings is 1. The lowest BCUT2D eigenvalue weighted by molar-refractivity contribution is 0.564. The number of hydrogen-bond donors (Lipinski definition) is 1. The number of fused-ring (bicyclic) bond motifs is 1. The van der Waals surface area contributed by atoms with Gasteiger partial charge < -0.3 is 10.2 Å². The average Bonchev–Trinajstić information content (AvgIpc) is 3.68. The van der Waals surface area contributed by atoms with Crippen molar-refractivity contribution in [3.8, 4) is 0 Å². The molecule has 0 amide bonds. The predicted octanol–water partition coefficient (Wildman–Crippen LogP) is 5.92. The lowest BCUT2D eigenvalue weighted by Crippen LogP contribution is -2.30. The zero-order chi connectivity index (χ0) is 24.3. The Bertz CT molecular complexity index is 1290. The molecule has 0 bridgehead atoms. The number of anilines is 3. The van der Waals surface area contributed by atoms with Gasteiger partial charge in [-0.15, -0.1) is 0 Å². The number of benzene rings is 1. The summed E-state index contributed by atoms with van der Waals surface area (Å²) in [5.41, 5.74) is 4.28. The van der Waals surface area contributed by atoms with Gasteiger partial charge in [-0.2, -0.15) is 9.61 Å². The van der Waals surface area contributed by atoms with Crippen LogP contribution < -0.4 is 10.2 Å². The van der Waals surface area contributed by atoms with Crippen LogP contribution in [-0.2, 0) is 6.42 Å². The molecule has 2 aliphatic rings. The molecular formula is C28H33N7S. The number of pyridine rings is 1. The smallest absolute Gasteiger partial charge is 0.160 e. The zero-order valence-electron chi connectivity index (χ0n) is 20.8. The summed E-state index contributed by atoms with van der Waals surface area (Å²) in [6, 6.07) is 19.1. The minimum atomic E-state index is 0.601. The molecule has 1 aliphatic carbocycles. The first-order valence-electron chi connectivity index (χ1n) is 13.0. The van der Waals surface area contributed by atoms with Crippen LogP contribution in [0, 0.1) is 0 Å². The fraction of sp³-hybridized carbons (Fsp3) is 0.393. The van der Waals surface area contributed by atoms with Gasteiger partial charge in [-0.05, 0) is 87.5 Å². The van der Waals surface area contributed by atoms with Gasteiger partial charge in [-0.3, -0.25) is 4.98 Å². The first kappa shape index (κ1) is 23.3. The highest BCUT2D eigenvalue weighted by molar-refractivity contribution is 7.97. The number of likely N-dealkylation sites (N-methyl/N-ethyl adjacent to an activating group) is 1. The van der Waals surface area contributed by atoms with Crippen LogP contribution in [0.15, 0.2) is 65.7 Å². The Balaban J connectivity index is 1.17. The van der Waals surface area contributed by atoms with Crippen molar-refractivity contribution in [2.45, 2.75) is 49.3 Å². The fourth-order valence-electron chi connectivity index (χ4n) is 4.72. The average molecular weight is 500 g/mol. The Kier molecular flexibility index (Phi) is 6.79. The molecule has 0 unspecified atom stereocenters. The van der Waals surface area contributed by atoms with Crippen LogP contribution in [0.4, 0.5) is 17.3 Å². The molecule has 1 aromatic carbocycles. The second kappa shape index (κ2) is 10.5. The van der Waals surface area contributed by atoms with Gasteiger partial charge in [0.15, 0.2) is 5.65 Å². The van der Waals surface area contributed by atoms with E-state index in [1.165, 1.54) is 42.7 Å². The van der Waals surface area contributed by atoms with Gasteiger partial charge in [-0.25, -0.2) is 9.29 Å². The summed E-state index contributed by atoms with van der Waals surface area (Å²) in [5, 5.41) is 8.55. The monoisotopic (exact) mass is 499 g/mol. The van der Waals surface area contributed by atoms with Crippen LogP contribution in [0.3, 0.4) is 0 Å². The number of nitrogens with one attached hydrogen (secondary N) is 1. The standard InChI is InChI=1S/C28H33N7S/c1-33(18-14-22-7-3-4-15-29-22)36-24-12-10-23(11-13-24)30-28-20-26(34-16-5-2-6-17-34)31-27-19-25(21-8-9-21)32-35(27)28/h3-4,7,10-13,15,19-21,30H,2,5-6,8-9,14,16-18H2,1H3. The number of nitrogens with zero attached hydrogens (tertiary/aromatic N) is 6. The lowest BCUT2D eigenvalue weighted by atomic mass is 10.1. The summed E-state index contributed by atoms with van der Waals surface area (Å²) >= 11 is 1.76. The highest BCUT2D eigenvalue weighted by atomic mass is 32.2. The maximum absolute atomic E-state index is 4.99. The minimum absolute atomic E-state index is 0.601. The third-order valence-corrected chi connectivity index (χ3v) is 7.88. The van der Waals surface area contributed by atoms with Gasteiger partial charge in [0.25, 0.3) is 0 Å². The van der Waals surface area contributed by atoms with Gasteiger partial charge in [-0.1, -0.05) is 6.07 Å². The highest BCUT2D eigenvalue weighted by Crippen LogP contribution is 2.40. The van der Waals surface area contributed by atoms with Crippen molar-refractivity contribution in [3.63, 3.8) is 0 Å². The second-order valence-corrected chi connectivity index (χ2v) is 11.1. The maximum Gasteiger partial charge on any atom is 0.160 e. The molecule has 7 nitrogen and oxygen atoms in total. The second-order valence-electron chi connectivity index (χ2n) is 9.82. The van der Waals surface area contributed by atoms with E-state index < -0.39 is 0 Å². The summed E-state index contributed by atoms with van der Waals surface area (Å²) < 4.78 is 4.24. The molecule has 186 valence electrons. The molecule has 0 radical (unpaired) electrons. The molecule has 0 atom stereocenters. The highest BCUT2D eigenvalue weighted by Gasteiger charge is 2.27. The van der Waals surface area contributed by atoms with E-state index >= 15 is 0 Å². The summed E-state index contributed by atoms with van der Waals surface area (Å²) in [6.45, 7) is 3.09. The van der Waals surface area contributed by atoms with E-state index in [2.05, 4.69) is 69.0 Å². The molecule has 1 saturated heterocycles. The normalized spacial score (nSPS) is 16.1. The first-order valence-corrected chi connectivity index (χ1v) is 13.8. The van der Waals surface area contributed by atoms with E-state index in [-0.39, 0.29) is 0 Å². The molecule has 1 saturated carbocycles. The summed E-state index contributed by atoms with van der Waals surface area (Å²) in [4.78, 5) is 13.0. The van der Waals surface area contributed by atoms with Gasteiger partial charge in [0.05, 0.1) is 5.69 Å². The Labute approximate surface area is 217 Å². The molecule has 36 heavy (non-hydrogen) atoms. The van der Waals surface area contributed by atoms with Crippen molar-refractivity contribution in [1.82, 2.24) is 23.9 Å². The SMILES string of the molecule is CN(CCc1ccccn1)Sc1ccc(Nc2cc(N3CCCCC3)nc3cc(C4CC4)nn23)cc1. The molecule has 0 spiro atoms. The summed E-state index contributed by atoms with van der Waals surface area (Å²) in [7, 11) is 2.13. The maximum atomic E-state index is 4.99. The molecule has 1 aliphatic heterocycles. The minimum Gasteiger partial charge on any atom is -0.356 e. The zero-order valence-corrected chi connectivity index (χ0v) is 21.6. The Hall–Kier alpha value is -3.10. The summed E-state index contributed by atoms with van der Waals surface area (Å²) in [6.07, 6.45) is 9.05. The van der Waals surface area contributed by atoms with E-state index in [9.17, 15) is 0 Å². The van der Waals surface area contributed by atoms with Crippen LogP contribution in [-0.4, -0.2) is 50.6 Å². The van der Waals surface area contributed by atoms with Crippen LogP contribution in [0.25, 0.3) is 5.65 Å². The van der Waals surface area contributed by atoms with Gasteiger partial charge >= 0.3 is 0 Å². The number of aromatic nitrogens is 4. The Morgan fingerprint density at radius 2 is 1.86 bits per heavy atom. The molecule has 3 aromatic heterocycles. The van der Waals surface area contributed by atoms with Crippen molar-refractivity contribution in [1.29, 1.82) is 0 Å². The Morgan fingerprint density at radius 3 is 2.61 bits per heavy atom. The van der Waals surface area contributed by atoms with Crippen molar-refractivity contribution in [2.75, 3.05) is 36.9 Å². The van der Waals surface area contributed by atoms with E-state index in [4.69, 9.17) is 10.1 Å². The number of hydrogen-bond acceptors (Lipinski definition) is 7. The van der Waals surface area contributed by atoms with Crippen molar-refractivity contribution >= 4 is 34.9 Å². The van der Waals surface area contributed by atoms with E-state index in [1.807, 2.05) is 22.8 Å². The lowest BCUT2D eigenvalue weighted by Gasteiger charge is -2.28. The molecule has 6 rings (SSSR count). The van der Waals surface area contributed by atoms with Gasteiger partial charge in [0.2, 0.25) is 0 Å². The van der Waals surface area contributed by atoms with Crippen LogP contribution in [0.1, 0.15) is 49.4 Å². The summed E-state index contributed by atoms with van der Waals surface area (Å²) in [5.74, 6) is 2.62. The van der Waals surface area contributed by atoms with Crippen LogP contribution >= 0.6 is 11.9 Å². The first-order chi connectivity index (χ1) is 17.7. The van der Waals surface area contributed by atoms with Crippen LogP contribution in [0.2, 0.25) is 0 Å². The largest absolute Gasteiger partial charge is 0.356 e. The van der Waals surface area contributed by atoms with E-state index in [0.29, 0.717) is 5.92 Å². The molecular weight excluding hydrogens is 466 g/mol. The molecule has 8 heteroatoms. The molecule has 1 N–H and O–H groups in total. The third-order valence-electron chi connectivity index (χ3n) is 6.91. The third kappa shape index (κ3) is 5.50. The van der Waals surface area contributed by atoms with Gasteiger partial charge in [0, 0.05) is 66.6 Å². The number of rotatable bonds is 9. The topological polar surface area (TPSA) is 61.6 Å². The van der Waals surface area contributed by atoms with E-state index in [1.54, 1.807) is 11.9 Å².